The van der Waals surface area contributed by atoms with Crippen molar-refractivity contribution < 1.29 is 9.13 Å². The Kier molecular flexibility index (Phi) is 3.18. The maximum Gasteiger partial charge on any atom is 0.123 e. The lowest BCUT2D eigenvalue weighted by atomic mass is 10.1. The molecule has 0 atom stereocenters. The zero-order valence-corrected chi connectivity index (χ0v) is 11.6. The molecule has 0 saturated carbocycles. The third kappa shape index (κ3) is 2.27. The van der Waals surface area contributed by atoms with Crippen molar-refractivity contribution in [2.75, 3.05) is 7.11 Å². The zero-order chi connectivity index (χ0) is 14.1. The Morgan fingerprint density at radius 2 is 1.95 bits per heavy atom. The van der Waals surface area contributed by atoms with E-state index >= 15 is 0 Å². The van der Waals surface area contributed by atoms with Crippen LogP contribution in [0.4, 0.5) is 4.39 Å². The predicted molar refractivity (Wildman–Crippen MR) is 78.7 cm³/mol. The smallest absolute Gasteiger partial charge is 0.123 e. The summed E-state index contributed by atoms with van der Waals surface area (Å²) >= 11 is 0. The summed E-state index contributed by atoms with van der Waals surface area (Å²) in [5, 5.41) is 1.14. The minimum Gasteiger partial charge on any atom is -0.497 e. The molecule has 1 heterocycles. The molecule has 102 valence electrons. The number of hydrogen-bond acceptors (Lipinski definition) is 1. The van der Waals surface area contributed by atoms with Crippen LogP contribution in [0.5, 0.6) is 5.75 Å². The third-order valence-corrected chi connectivity index (χ3v) is 3.62. The fourth-order valence-corrected chi connectivity index (χ4v) is 2.46. The Labute approximate surface area is 117 Å². The molecule has 3 rings (SSSR count). The SMILES string of the molecule is COc1ccc2c(ccn2Cc2ccc(F)cc2C)c1. The number of rotatable bonds is 3. The number of fused-ring (bicyclic) bond motifs is 1. The number of hydrogen-bond donors (Lipinski definition) is 0. The summed E-state index contributed by atoms with van der Waals surface area (Å²) in [4.78, 5) is 0. The number of methoxy groups -OCH3 is 1. The predicted octanol–water partition coefficient (Wildman–Crippen LogP) is 4.15. The third-order valence-electron chi connectivity index (χ3n) is 3.62. The van der Waals surface area contributed by atoms with Crippen LogP contribution in [-0.4, -0.2) is 11.7 Å². The van der Waals surface area contributed by atoms with Crippen molar-refractivity contribution in [2.45, 2.75) is 13.5 Å². The van der Waals surface area contributed by atoms with E-state index in [2.05, 4.69) is 10.6 Å². The van der Waals surface area contributed by atoms with Gasteiger partial charge in [0, 0.05) is 23.6 Å². The molecule has 3 aromatic rings. The van der Waals surface area contributed by atoms with Gasteiger partial charge in [-0.1, -0.05) is 6.07 Å². The normalized spacial score (nSPS) is 10.9. The van der Waals surface area contributed by atoms with E-state index in [-0.39, 0.29) is 5.82 Å². The van der Waals surface area contributed by atoms with Gasteiger partial charge in [-0.05, 0) is 54.4 Å². The maximum atomic E-state index is 13.1. The Bertz CT molecular complexity index is 761. The van der Waals surface area contributed by atoms with Gasteiger partial charge in [-0.2, -0.15) is 0 Å². The van der Waals surface area contributed by atoms with E-state index < -0.39 is 0 Å². The van der Waals surface area contributed by atoms with E-state index in [9.17, 15) is 4.39 Å². The summed E-state index contributed by atoms with van der Waals surface area (Å²) in [5.74, 6) is 0.668. The minimum atomic E-state index is -0.187. The maximum absolute atomic E-state index is 13.1. The second-order valence-electron chi connectivity index (χ2n) is 4.94. The van der Waals surface area contributed by atoms with Gasteiger partial charge in [0.15, 0.2) is 0 Å². The summed E-state index contributed by atoms with van der Waals surface area (Å²) in [7, 11) is 1.67. The summed E-state index contributed by atoms with van der Waals surface area (Å²) in [5.41, 5.74) is 3.25. The van der Waals surface area contributed by atoms with Crippen LogP contribution in [0, 0.1) is 12.7 Å². The quantitative estimate of drug-likeness (QED) is 0.697. The second-order valence-corrected chi connectivity index (χ2v) is 4.94. The lowest BCUT2D eigenvalue weighted by Crippen LogP contribution is -2.00. The summed E-state index contributed by atoms with van der Waals surface area (Å²) in [6, 6.07) is 13.0. The van der Waals surface area contributed by atoms with Gasteiger partial charge in [-0.25, -0.2) is 4.39 Å². The lowest BCUT2D eigenvalue weighted by Gasteiger charge is -2.09. The molecule has 0 unspecified atom stereocenters. The first-order valence-electron chi connectivity index (χ1n) is 6.55. The molecule has 2 aromatic carbocycles. The molecule has 20 heavy (non-hydrogen) atoms. The van der Waals surface area contributed by atoms with Crippen molar-refractivity contribution in [2.24, 2.45) is 0 Å². The summed E-state index contributed by atoms with van der Waals surface area (Å²) in [6.45, 7) is 2.68. The number of halogens is 1. The molecule has 2 nitrogen and oxygen atoms in total. The standard InChI is InChI=1S/C17H16FNO/c1-12-9-15(18)4-3-14(12)11-19-8-7-13-10-16(20-2)5-6-17(13)19/h3-10H,11H2,1-2H3. The molecule has 0 amide bonds. The second kappa shape index (κ2) is 5.00. The summed E-state index contributed by atoms with van der Waals surface area (Å²) < 4.78 is 20.5. The molecule has 0 bridgehead atoms. The van der Waals surface area contributed by atoms with Gasteiger partial charge in [0.1, 0.15) is 11.6 Å². The minimum absolute atomic E-state index is 0.187. The van der Waals surface area contributed by atoms with Crippen molar-refractivity contribution in [3.05, 3.63) is 65.6 Å². The fraction of sp³-hybridized carbons (Fsp3) is 0.176. The van der Waals surface area contributed by atoms with Crippen LogP contribution in [-0.2, 0) is 6.54 Å². The zero-order valence-electron chi connectivity index (χ0n) is 11.6. The highest BCUT2D eigenvalue weighted by molar-refractivity contribution is 5.81. The first-order valence-corrected chi connectivity index (χ1v) is 6.55. The lowest BCUT2D eigenvalue weighted by molar-refractivity contribution is 0.415. The molecule has 0 fully saturated rings. The van der Waals surface area contributed by atoms with E-state index in [0.29, 0.717) is 0 Å². The van der Waals surface area contributed by atoms with Gasteiger partial charge < -0.3 is 9.30 Å². The average Bonchev–Trinajstić information content (AvgIpc) is 2.84. The van der Waals surface area contributed by atoms with E-state index in [0.717, 1.165) is 34.3 Å². The highest BCUT2D eigenvalue weighted by Gasteiger charge is 2.05. The molecule has 0 aliphatic heterocycles. The molecule has 0 spiro atoms. The van der Waals surface area contributed by atoms with Gasteiger partial charge in [-0.3, -0.25) is 0 Å². The van der Waals surface area contributed by atoms with Crippen molar-refractivity contribution in [3.63, 3.8) is 0 Å². The van der Waals surface area contributed by atoms with Gasteiger partial charge >= 0.3 is 0 Å². The number of benzene rings is 2. The summed E-state index contributed by atoms with van der Waals surface area (Å²) in [6.07, 6.45) is 2.05. The number of aromatic nitrogens is 1. The Morgan fingerprint density at radius 1 is 1.10 bits per heavy atom. The molecule has 0 N–H and O–H groups in total. The van der Waals surface area contributed by atoms with Crippen LogP contribution < -0.4 is 4.74 Å². The van der Waals surface area contributed by atoms with Crippen LogP contribution in [0.3, 0.4) is 0 Å². The molecule has 0 radical (unpaired) electrons. The van der Waals surface area contributed by atoms with Gasteiger partial charge in [0.05, 0.1) is 7.11 Å². The monoisotopic (exact) mass is 269 g/mol. The molecule has 3 heteroatoms. The van der Waals surface area contributed by atoms with E-state index in [1.807, 2.05) is 37.4 Å². The van der Waals surface area contributed by atoms with Crippen molar-refractivity contribution in [1.82, 2.24) is 4.57 Å². The van der Waals surface area contributed by atoms with E-state index in [4.69, 9.17) is 4.74 Å². The van der Waals surface area contributed by atoms with Crippen LogP contribution in [0.1, 0.15) is 11.1 Å². The number of ether oxygens (including phenoxy) is 1. The molecule has 0 aliphatic carbocycles. The first-order chi connectivity index (χ1) is 9.67. The van der Waals surface area contributed by atoms with Crippen LogP contribution in [0.25, 0.3) is 10.9 Å². The molecule has 0 aliphatic rings. The van der Waals surface area contributed by atoms with E-state index in [1.165, 1.54) is 6.07 Å². The van der Waals surface area contributed by atoms with E-state index in [1.54, 1.807) is 13.2 Å². The molecular weight excluding hydrogens is 253 g/mol. The highest BCUT2D eigenvalue weighted by Crippen LogP contribution is 2.23. The number of nitrogens with zero attached hydrogens (tertiary/aromatic N) is 1. The fourth-order valence-electron chi connectivity index (χ4n) is 2.46. The van der Waals surface area contributed by atoms with Crippen LogP contribution in [0.15, 0.2) is 48.7 Å². The van der Waals surface area contributed by atoms with Crippen molar-refractivity contribution in [1.29, 1.82) is 0 Å². The first kappa shape index (κ1) is 12.7. The topological polar surface area (TPSA) is 14.2 Å². The highest BCUT2D eigenvalue weighted by atomic mass is 19.1. The Balaban J connectivity index is 1.98. The van der Waals surface area contributed by atoms with Gasteiger partial charge in [0.2, 0.25) is 0 Å². The number of aryl methyl sites for hydroxylation is 1. The Morgan fingerprint density at radius 3 is 2.70 bits per heavy atom. The Hall–Kier alpha value is -2.29. The van der Waals surface area contributed by atoms with Crippen molar-refractivity contribution in [3.8, 4) is 5.75 Å². The van der Waals surface area contributed by atoms with Crippen LogP contribution in [0.2, 0.25) is 0 Å². The molecule has 1 aromatic heterocycles. The largest absolute Gasteiger partial charge is 0.497 e. The van der Waals surface area contributed by atoms with Gasteiger partial charge in [0.25, 0.3) is 0 Å². The van der Waals surface area contributed by atoms with Crippen molar-refractivity contribution >= 4 is 10.9 Å². The van der Waals surface area contributed by atoms with Crippen LogP contribution >= 0.6 is 0 Å². The molecule has 0 saturated heterocycles. The average molecular weight is 269 g/mol. The molecular formula is C17H16FNO. The van der Waals surface area contributed by atoms with Gasteiger partial charge in [-0.15, -0.1) is 0 Å².